The second kappa shape index (κ2) is 8.00. The second-order valence-electron chi connectivity index (χ2n) is 6.54. The van der Waals surface area contributed by atoms with Gasteiger partial charge in [0, 0.05) is 20.8 Å². The molecule has 1 aromatic rings. The minimum absolute atomic E-state index is 0.175. The minimum atomic E-state index is -1.34. The van der Waals surface area contributed by atoms with E-state index in [1.807, 2.05) is 0 Å². The van der Waals surface area contributed by atoms with Crippen molar-refractivity contribution in [2.24, 2.45) is 0 Å². The smallest absolute Gasteiger partial charge is 0.303 e. The summed E-state index contributed by atoms with van der Waals surface area (Å²) in [6, 6.07) is 6.28. The number of nitrogens with zero attached hydrogens (tertiary/aromatic N) is 1. The molecule has 29 heavy (non-hydrogen) atoms. The molecule has 0 N–H and O–H groups in total. The number of ketones is 1. The Kier molecular flexibility index (Phi) is 5.64. The third-order valence-corrected chi connectivity index (χ3v) is 4.40. The van der Waals surface area contributed by atoms with Crippen LogP contribution in [-0.4, -0.2) is 60.7 Å². The Morgan fingerprint density at radius 1 is 0.931 bits per heavy atom. The van der Waals surface area contributed by atoms with Gasteiger partial charge >= 0.3 is 23.8 Å². The molecule has 4 atom stereocenters. The summed E-state index contributed by atoms with van der Waals surface area (Å²) < 4.78 is 21.4. The summed E-state index contributed by atoms with van der Waals surface area (Å²) in [5.74, 6) is -3.73. The maximum Gasteiger partial charge on any atom is 0.303 e. The van der Waals surface area contributed by atoms with Crippen molar-refractivity contribution in [3.8, 4) is 0 Å². The van der Waals surface area contributed by atoms with Crippen LogP contribution in [0.2, 0.25) is 0 Å². The van der Waals surface area contributed by atoms with Gasteiger partial charge in [0.1, 0.15) is 0 Å². The third-order valence-electron chi connectivity index (χ3n) is 4.40. The van der Waals surface area contributed by atoms with Crippen molar-refractivity contribution >= 4 is 35.3 Å². The Hall–Kier alpha value is -3.27. The van der Waals surface area contributed by atoms with E-state index in [9.17, 15) is 24.0 Å². The van der Waals surface area contributed by atoms with Crippen molar-refractivity contribution in [2.45, 2.75) is 45.3 Å². The monoisotopic (exact) mass is 405 g/mol. The first-order valence-corrected chi connectivity index (χ1v) is 8.81. The highest BCUT2D eigenvalue weighted by atomic mass is 16.6. The summed E-state index contributed by atoms with van der Waals surface area (Å²) in [4.78, 5) is 60.8. The summed E-state index contributed by atoms with van der Waals surface area (Å²) in [5.41, 5.74) is 0.450. The Morgan fingerprint density at radius 3 is 2.14 bits per heavy atom. The molecule has 10 nitrogen and oxygen atoms in total. The highest BCUT2D eigenvalue weighted by molar-refractivity contribution is 6.52. The predicted molar refractivity (Wildman–Crippen MR) is 94.7 cm³/mol. The number of esters is 3. The molecule has 0 unspecified atom stereocenters. The summed E-state index contributed by atoms with van der Waals surface area (Å²) in [7, 11) is 0. The maximum absolute atomic E-state index is 12.6. The molecule has 10 heteroatoms. The number of fused-ring (bicyclic) bond motifs is 1. The molecule has 2 aliphatic heterocycles. The van der Waals surface area contributed by atoms with Gasteiger partial charge in [0.15, 0.2) is 24.5 Å². The number of Topliss-reactive ketones (excluding diaryl/α,β-unsaturated/α-hetero) is 1. The molecule has 0 spiro atoms. The van der Waals surface area contributed by atoms with Crippen LogP contribution in [0.1, 0.15) is 31.1 Å². The summed E-state index contributed by atoms with van der Waals surface area (Å²) >= 11 is 0. The van der Waals surface area contributed by atoms with Crippen molar-refractivity contribution in [3.63, 3.8) is 0 Å². The van der Waals surface area contributed by atoms with Crippen LogP contribution in [0.5, 0.6) is 0 Å². The number of hydrogen-bond acceptors (Lipinski definition) is 9. The molecular formula is C19H19NO9. The lowest BCUT2D eigenvalue weighted by atomic mass is 10.0. The minimum Gasteiger partial charge on any atom is -0.456 e. The lowest BCUT2D eigenvalue weighted by Gasteiger charge is -2.43. The van der Waals surface area contributed by atoms with Crippen molar-refractivity contribution in [2.75, 3.05) is 11.5 Å². The van der Waals surface area contributed by atoms with E-state index in [2.05, 4.69) is 0 Å². The molecule has 1 fully saturated rings. The topological polar surface area (TPSA) is 126 Å². The van der Waals surface area contributed by atoms with Gasteiger partial charge in [-0.2, -0.15) is 0 Å². The lowest BCUT2D eigenvalue weighted by molar-refractivity contribution is -0.225. The van der Waals surface area contributed by atoms with Crippen molar-refractivity contribution in [3.05, 3.63) is 29.8 Å². The van der Waals surface area contributed by atoms with Crippen LogP contribution in [-0.2, 0) is 38.1 Å². The standard InChI is InChI=1S/C19H19NO9/c1-9(21)27-14-8-26-19(17(29-11(3)23)16(14)28-10(2)22)20-13-7-5-4-6-12(13)15(24)18(20)25/h4-7,14,16-17,19H,8H2,1-3H3/t14-,16+,17+,19+/m0/s1. The van der Waals surface area contributed by atoms with Gasteiger partial charge in [-0.1, -0.05) is 12.1 Å². The SMILES string of the molecule is CC(=O)O[C@@H]1[C@H](OC(C)=O)[C@@H](OC(C)=O)CO[C@H]1N1C(=O)C(=O)c2ccccc21. The average molecular weight is 405 g/mol. The fourth-order valence-electron chi connectivity index (χ4n) is 3.41. The first-order valence-electron chi connectivity index (χ1n) is 8.81. The molecule has 1 saturated heterocycles. The Balaban J connectivity index is 2.02. The van der Waals surface area contributed by atoms with Gasteiger partial charge in [-0.15, -0.1) is 0 Å². The van der Waals surface area contributed by atoms with Gasteiger partial charge in [-0.25, -0.2) is 0 Å². The number of benzene rings is 1. The normalized spacial score (nSPS) is 26.0. The Bertz CT molecular complexity index is 880. The van der Waals surface area contributed by atoms with Crippen LogP contribution >= 0.6 is 0 Å². The molecule has 0 radical (unpaired) electrons. The molecule has 2 heterocycles. The molecule has 2 aliphatic rings. The number of para-hydroxylation sites is 1. The molecule has 1 amide bonds. The second-order valence-corrected chi connectivity index (χ2v) is 6.54. The van der Waals surface area contributed by atoms with Crippen LogP contribution in [0.4, 0.5) is 5.69 Å². The zero-order valence-corrected chi connectivity index (χ0v) is 15.9. The number of ether oxygens (including phenoxy) is 4. The predicted octanol–water partition coefficient (Wildman–Crippen LogP) is 0.367. The van der Waals surface area contributed by atoms with Gasteiger partial charge in [-0.3, -0.25) is 28.9 Å². The van der Waals surface area contributed by atoms with Crippen molar-refractivity contribution < 1.29 is 42.9 Å². The summed E-state index contributed by atoms with van der Waals surface area (Å²) in [6.07, 6.45) is -4.91. The highest BCUT2D eigenvalue weighted by Gasteiger charge is 2.53. The summed E-state index contributed by atoms with van der Waals surface area (Å²) in [6.45, 7) is 3.18. The van der Waals surface area contributed by atoms with Gasteiger partial charge in [0.25, 0.3) is 5.78 Å². The van der Waals surface area contributed by atoms with E-state index in [4.69, 9.17) is 18.9 Å². The van der Waals surface area contributed by atoms with Gasteiger partial charge in [0.2, 0.25) is 0 Å². The Morgan fingerprint density at radius 2 is 1.52 bits per heavy atom. The molecule has 0 saturated carbocycles. The first kappa shape index (κ1) is 20.5. The zero-order chi connectivity index (χ0) is 21.3. The zero-order valence-electron chi connectivity index (χ0n) is 15.9. The molecular weight excluding hydrogens is 386 g/mol. The first-order chi connectivity index (χ1) is 13.7. The van der Waals surface area contributed by atoms with Gasteiger partial charge < -0.3 is 18.9 Å². The number of rotatable bonds is 4. The number of amides is 1. The molecule has 0 aromatic heterocycles. The number of carbonyl (C=O) groups excluding carboxylic acids is 5. The largest absolute Gasteiger partial charge is 0.456 e. The van der Waals surface area contributed by atoms with Crippen molar-refractivity contribution in [1.82, 2.24) is 0 Å². The van der Waals surface area contributed by atoms with Crippen LogP contribution in [0.25, 0.3) is 0 Å². The fourth-order valence-corrected chi connectivity index (χ4v) is 3.41. The average Bonchev–Trinajstić information content (AvgIpc) is 2.88. The Labute approximate surface area is 165 Å². The van der Waals surface area contributed by atoms with E-state index < -0.39 is 54.1 Å². The van der Waals surface area contributed by atoms with Gasteiger partial charge in [-0.05, 0) is 12.1 Å². The molecule has 0 aliphatic carbocycles. The van der Waals surface area contributed by atoms with E-state index in [0.717, 1.165) is 25.7 Å². The molecule has 0 bridgehead atoms. The van der Waals surface area contributed by atoms with E-state index in [1.165, 1.54) is 6.07 Å². The van der Waals surface area contributed by atoms with E-state index in [0.29, 0.717) is 0 Å². The molecule has 1 aromatic carbocycles. The molecule has 154 valence electrons. The van der Waals surface area contributed by atoms with Gasteiger partial charge in [0.05, 0.1) is 17.9 Å². The quantitative estimate of drug-likeness (QED) is 0.397. The number of hydrogen-bond donors (Lipinski definition) is 0. The van der Waals surface area contributed by atoms with E-state index in [-0.39, 0.29) is 17.9 Å². The van der Waals surface area contributed by atoms with Crippen molar-refractivity contribution in [1.29, 1.82) is 0 Å². The number of carbonyl (C=O) groups is 5. The van der Waals surface area contributed by atoms with Crippen LogP contribution in [0, 0.1) is 0 Å². The number of anilines is 1. The highest BCUT2D eigenvalue weighted by Crippen LogP contribution is 2.35. The third kappa shape index (κ3) is 3.97. The van der Waals surface area contributed by atoms with Crippen LogP contribution < -0.4 is 4.90 Å². The maximum atomic E-state index is 12.6. The van der Waals surface area contributed by atoms with Crippen LogP contribution in [0.3, 0.4) is 0 Å². The van der Waals surface area contributed by atoms with Crippen LogP contribution in [0.15, 0.2) is 24.3 Å². The summed E-state index contributed by atoms with van der Waals surface area (Å²) in [5, 5.41) is 0. The lowest BCUT2D eigenvalue weighted by Crippen LogP contribution is -2.63. The van der Waals surface area contributed by atoms with E-state index in [1.54, 1.807) is 18.2 Å². The fraction of sp³-hybridized carbons (Fsp3) is 0.421. The van der Waals surface area contributed by atoms with E-state index >= 15 is 0 Å². The molecule has 3 rings (SSSR count).